The van der Waals surface area contributed by atoms with Gasteiger partial charge in [-0.1, -0.05) is 0 Å². The van der Waals surface area contributed by atoms with Crippen molar-refractivity contribution in [3.8, 4) is 0 Å². The maximum atomic E-state index is 12.3. The van der Waals surface area contributed by atoms with E-state index < -0.39 is 6.04 Å². The number of nitrogens with one attached hydrogen (secondary N) is 2. The predicted molar refractivity (Wildman–Crippen MR) is 82.3 cm³/mol. The number of rotatable bonds is 2. The molecule has 1 unspecified atom stereocenters. The summed E-state index contributed by atoms with van der Waals surface area (Å²) in [7, 11) is 0. The summed E-state index contributed by atoms with van der Waals surface area (Å²) in [5.41, 5.74) is 7.34. The quantitative estimate of drug-likeness (QED) is 0.776. The third-order valence-corrected chi connectivity index (χ3v) is 4.64. The van der Waals surface area contributed by atoms with Gasteiger partial charge in [0.2, 0.25) is 5.91 Å². The van der Waals surface area contributed by atoms with Gasteiger partial charge >= 0.3 is 0 Å². The van der Waals surface area contributed by atoms with Crippen LogP contribution >= 0.6 is 11.3 Å². The van der Waals surface area contributed by atoms with Crippen molar-refractivity contribution in [2.45, 2.75) is 25.8 Å². The van der Waals surface area contributed by atoms with Crippen molar-refractivity contribution < 1.29 is 9.59 Å². The molecule has 0 aliphatic carbocycles. The van der Waals surface area contributed by atoms with Gasteiger partial charge in [0, 0.05) is 17.6 Å². The first-order valence-corrected chi connectivity index (χ1v) is 7.62. The molecule has 21 heavy (non-hydrogen) atoms. The molecule has 0 bridgehead atoms. The topological polar surface area (TPSA) is 97.1 Å². The lowest BCUT2D eigenvalue weighted by Crippen LogP contribution is -2.50. The Hall–Kier alpha value is -2.15. The highest BCUT2D eigenvalue weighted by Crippen LogP contribution is 2.32. The number of amides is 2. The summed E-state index contributed by atoms with van der Waals surface area (Å²) < 4.78 is 0. The second-order valence-corrected chi connectivity index (χ2v) is 6.11. The molecule has 0 radical (unpaired) electrons. The average Bonchev–Trinajstić information content (AvgIpc) is 2.78. The fraction of sp³-hybridized carbons (Fsp3) is 0.357. The molecule has 4 N–H and O–H groups in total. The van der Waals surface area contributed by atoms with Crippen LogP contribution < -0.4 is 16.4 Å². The fourth-order valence-electron chi connectivity index (χ4n) is 2.39. The molecule has 3 heterocycles. The van der Waals surface area contributed by atoms with E-state index in [2.05, 4.69) is 15.6 Å². The number of aryl methyl sites for hydroxylation is 1. The molecule has 2 aromatic rings. The number of nitrogen functional groups attached to an aromatic ring is 1. The Morgan fingerprint density at radius 1 is 1.52 bits per heavy atom. The first kappa shape index (κ1) is 13.8. The molecule has 110 valence electrons. The van der Waals surface area contributed by atoms with E-state index in [-0.39, 0.29) is 11.8 Å². The van der Waals surface area contributed by atoms with Crippen molar-refractivity contribution in [2.75, 3.05) is 12.3 Å². The van der Waals surface area contributed by atoms with Crippen molar-refractivity contribution in [3.63, 3.8) is 0 Å². The lowest BCUT2D eigenvalue weighted by molar-refractivity contribution is -0.124. The second-order valence-electron chi connectivity index (χ2n) is 5.11. The number of nitrogens with zero attached hydrogens (tertiary/aromatic N) is 1. The molecule has 7 heteroatoms. The highest BCUT2D eigenvalue weighted by molar-refractivity contribution is 7.21. The number of hydrogen-bond donors (Lipinski definition) is 3. The molecule has 2 amide bonds. The lowest BCUT2D eigenvalue weighted by atomic mass is 10.1. The number of hydrogen-bond acceptors (Lipinski definition) is 5. The lowest BCUT2D eigenvalue weighted by Gasteiger charge is -2.22. The molecule has 3 rings (SSSR count). The zero-order chi connectivity index (χ0) is 15.0. The van der Waals surface area contributed by atoms with E-state index in [1.165, 1.54) is 11.3 Å². The first-order chi connectivity index (χ1) is 10.1. The van der Waals surface area contributed by atoms with Gasteiger partial charge in [-0.3, -0.25) is 9.59 Å². The molecule has 1 fully saturated rings. The molecule has 2 aromatic heterocycles. The van der Waals surface area contributed by atoms with Gasteiger partial charge in [-0.25, -0.2) is 4.98 Å². The van der Waals surface area contributed by atoms with Crippen LogP contribution in [0.1, 0.15) is 28.2 Å². The van der Waals surface area contributed by atoms with Crippen molar-refractivity contribution in [3.05, 3.63) is 22.7 Å². The van der Waals surface area contributed by atoms with E-state index in [0.717, 1.165) is 22.3 Å². The van der Waals surface area contributed by atoms with Crippen LogP contribution in [0.5, 0.6) is 0 Å². The van der Waals surface area contributed by atoms with Crippen molar-refractivity contribution in [1.82, 2.24) is 15.6 Å². The van der Waals surface area contributed by atoms with Gasteiger partial charge in [0.15, 0.2) is 0 Å². The number of aromatic nitrogens is 1. The summed E-state index contributed by atoms with van der Waals surface area (Å²) in [5, 5.41) is 6.28. The van der Waals surface area contributed by atoms with Gasteiger partial charge in [0.25, 0.3) is 5.91 Å². The number of thiophene rings is 1. The summed E-state index contributed by atoms with van der Waals surface area (Å²) in [4.78, 5) is 29.6. The molecule has 6 nitrogen and oxygen atoms in total. The molecule has 0 aromatic carbocycles. The molecular weight excluding hydrogens is 288 g/mol. The Bertz CT molecular complexity index is 725. The van der Waals surface area contributed by atoms with Crippen LogP contribution in [0.25, 0.3) is 10.2 Å². The number of pyridine rings is 1. The predicted octanol–water partition coefficient (Wildman–Crippen LogP) is 1.20. The van der Waals surface area contributed by atoms with Crippen molar-refractivity contribution in [2.24, 2.45) is 0 Å². The highest BCUT2D eigenvalue weighted by atomic mass is 32.1. The Morgan fingerprint density at radius 3 is 3.10 bits per heavy atom. The van der Waals surface area contributed by atoms with E-state index in [0.29, 0.717) is 23.5 Å². The zero-order valence-corrected chi connectivity index (χ0v) is 12.4. The van der Waals surface area contributed by atoms with Crippen molar-refractivity contribution >= 4 is 39.1 Å². The van der Waals surface area contributed by atoms with Crippen LogP contribution in [0.3, 0.4) is 0 Å². The van der Waals surface area contributed by atoms with Gasteiger partial charge in [-0.2, -0.15) is 0 Å². The van der Waals surface area contributed by atoms with E-state index in [1.807, 2.05) is 19.1 Å². The number of nitrogens with two attached hydrogens (primary N) is 1. The molecule has 0 spiro atoms. The summed E-state index contributed by atoms with van der Waals surface area (Å²) in [6.45, 7) is 2.56. The number of carbonyl (C=O) groups excluding carboxylic acids is 2. The third kappa shape index (κ3) is 2.56. The number of fused-ring (bicyclic) bond motifs is 1. The van der Waals surface area contributed by atoms with Gasteiger partial charge in [0.1, 0.15) is 15.7 Å². The van der Waals surface area contributed by atoms with E-state index in [1.54, 1.807) is 0 Å². The minimum Gasteiger partial charge on any atom is -0.397 e. The monoisotopic (exact) mass is 304 g/mol. The van der Waals surface area contributed by atoms with Crippen LogP contribution in [0.2, 0.25) is 0 Å². The number of piperidine rings is 1. The van der Waals surface area contributed by atoms with Crippen LogP contribution in [-0.2, 0) is 4.79 Å². The zero-order valence-electron chi connectivity index (χ0n) is 11.6. The smallest absolute Gasteiger partial charge is 0.264 e. The average molecular weight is 304 g/mol. The standard InChI is InChI=1S/C14H16N4O2S/c1-7-4-5-8-10(15)11(21-14(8)17-7)13(20)18-9-3-2-6-16-12(9)19/h4-5,9H,2-3,6,15H2,1H3,(H,16,19)(H,18,20). The first-order valence-electron chi connectivity index (χ1n) is 6.80. The van der Waals surface area contributed by atoms with E-state index in [4.69, 9.17) is 5.73 Å². The summed E-state index contributed by atoms with van der Waals surface area (Å²) >= 11 is 1.26. The molecular formula is C14H16N4O2S. The summed E-state index contributed by atoms with van der Waals surface area (Å²) in [6.07, 6.45) is 1.51. The van der Waals surface area contributed by atoms with E-state index >= 15 is 0 Å². The number of anilines is 1. The molecule has 1 saturated heterocycles. The maximum Gasteiger partial charge on any atom is 0.264 e. The van der Waals surface area contributed by atoms with Crippen LogP contribution in [0, 0.1) is 6.92 Å². The molecule has 1 atom stereocenters. The van der Waals surface area contributed by atoms with Crippen LogP contribution in [-0.4, -0.2) is 29.4 Å². The minimum absolute atomic E-state index is 0.136. The summed E-state index contributed by atoms with van der Waals surface area (Å²) in [5.74, 6) is -0.446. The van der Waals surface area contributed by atoms with Crippen LogP contribution in [0.4, 0.5) is 5.69 Å². The third-order valence-electron chi connectivity index (χ3n) is 3.53. The molecule has 0 saturated carbocycles. The normalized spacial score (nSPS) is 18.5. The second kappa shape index (κ2) is 5.33. The SMILES string of the molecule is Cc1ccc2c(N)c(C(=O)NC3CCCNC3=O)sc2n1. The van der Waals surface area contributed by atoms with Crippen molar-refractivity contribution in [1.29, 1.82) is 0 Å². The summed E-state index contributed by atoms with van der Waals surface area (Å²) in [6, 6.07) is 3.25. The van der Waals surface area contributed by atoms with E-state index in [9.17, 15) is 9.59 Å². The number of carbonyl (C=O) groups is 2. The highest BCUT2D eigenvalue weighted by Gasteiger charge is 2.26. The fourth-order valence-corrected chi connectivity index (χ4v) is 3.43. The largest absolute Gasteiger partial charge is 0.397 e. The molecule has 1 aliphatic heterocycles. The Labute approximate surface area is 125 Å². The minimum atomic E-state index is -0.481. The van der Waals surface area contributed by atoms with Gasteiger partial charge in [-0.15, -0.1) is 11.3 Å². The van der Waals surface area contributed by atoms with Gasteiger partial charge in [-0.05, 0) is 31.9 Å². The van der Waals surface area contributed by atoms with Gasteiger partial charge in [0.05, 0.1) is 5.69 Å². The van der Waals surface area contributed by atoms with Gasteiger partial charge < -0.3 is 16.4 Å². The molecule has 1 aliphatic rings. The maximum absolute atomic E-state index is 12.3. The Morgan fingerprint density at radius 2 is 2.33 bits per heavy atom. The van der Waals surface area contributed by atoms with Crippen LogP contribution in [0.15, 0.2) is 12.1 Å². The Kier molecular flexibility index (Phi) is 3.50. The Balaban J connectivity index is 1.87.